The molecule has 0 aliphatic carbocycles. The third-order valence-electron chi connectivity index (χ3n) is 12.1. The zero-order valence-corrected chi connectivity index (χ0v) is 37.7. The van der Waals surface area contributed by atoms with Crippen LogP contribution >= 0.6 is 0 Å². The lowest BCUT2D eigenvalue weighted by Gasteiger charge is -2.15. The van der Waals surface area contributed by atoms with Crippen molar-refractivity contribution in [3.05, 3.63) is 12.2 Å². The second-order valence-corrected chi connectivity index (χ2v) is 17.6. The molecular weight excluding hydrogens is 657 g/mol. The fraction of sp³-hybridized carbons (Fsp3) is 0.923. The van der Waals surface area contributed by atoms with Gasteiger partial charge < -0.3 is 0 Å². The lowest BCUT2D eigenvalue weighted by Crippen LogP contribution is -2.24. The van der Waals surface area contributed by atoms with Gasteiger partial charge in [0.1, 0.15) is 11.6 Å². The molecule has 0 bridgehead atoms. The van der Waals surface area contributed by atoms with Gasteiger partial charge in [0.25, 0.3) is 0 Å². The fourth-order valence-electron chi connectivity index (χ4n) is 8.26. The highest BCUT2D eigenvalue weighted by Crippen LogP contribution is 2.22. The molecular formula is C52H100O2. The first-order valence-electron chi connectivity index (χ1n) is 25.4. The van der Waals surface area contributed by atoms with E-state index < -0.39 is 0 Å². The lowest BCUT2D eigenvalue weighted by molar-refractivity contribution is -0.133. The van der Waals surface area contributed by atoms with Crippen LogP contribution in [0.15, 0.2) is 12.2 Å². The van der Waals surface area contributed by atoms with E-state index in [0.717, 1.165) is 38.5 Å². The first kappa shape index (κ1) is 53.1. The summed E-state index contributed by atoms with van der Waals surface area (Å²) < 4.78 is 0. The van der Waals surface area contributed by atoms with Crippen molar-refractivity contribution >= 4 is 11.6 Å². The number of carbonyl (C=O) groups is 2. The normalized spacial score (nSPS) is 12.3. The molecule has 0 aliphatic heterocycles. The van der Waals surface area contributed by atoms with Crippen LogP contribution in [-0.4, -0.2) is 11.6 Å². The third kappa shape index (κ3) is 40.7. The molecule has 0 radical (unpaired) electrons. The van der Waals surface area contributed by atoms with Crippen molar-refractivity contribution in [2.75, 3.05) is 0 Å². The van der Waals surface area contributed by atoms with Crippen LogP contribution in [0.1, 0.15) is 303 Å². The number of hydrogen-bond donors (Lipinski definition) is 0. The van der Waals surface area contributed by atoms with E-state index in [0.29, 0.717) is 12.8 Å². The Morgan fingerprint density at radius 1 is 0.296 bits per heavy atom. The molecule has 54 heavy (non-hydrogen) atoms. The Hall–Kier alpha value is -0.920. The SMILES string of the molecule is CCCCCCCC/C=C\CCCCCCCC(=O)C(CCCCCCCCCCCCCCCCC)C(=O)CCCCCCCCCCCCCCC. The molecule has 0 fully saturated rings. The zero-order valence-electron chi connectivity index (χ0n) is 37.7. The molecule has 0 aromatic rings. The van der Waals surface area contributed by atoms with Crippen LogP contribution in [0.25, 0.3) is 0 Å². The summed E-state index contributed by atoms with van der Waals surface area (Å²) in [6, 6.07) is 0. The van der Waals surface area contributed by atoms with Crippen LogP contribution in [0.3, 0.4) is 0 Å². The molecule has 0 aliphatic rings. The molecule has 0 aromatic carbocycles. The summed E-state index contributed by atoms with van der Waals surface area (Å²) in [5.41, 5.74) is 0. The first-order chi connectivity index (χ1) is 26.7. The highest BCUT2D eigenvalue weighted by Gasteiger charge is 2.24. The van der Waals surface area contributed by atoms with Gasteiger partial charge in [-0.3, -0.25) is 9.59 Å². The van der Waals surface area contributed by atoms with E-state index in [1.165, 1.54) is 231 Å². The Bertz CT molecular complexity index is 768. The second kappa shape index (κ2) is 46.5. The highest BCUT2D eigenvalue weighted by molar-refractivity contribution is 6.02. The Morgan fingerprint density at radius 2 is 0.519 bits per heavy atom. The van der Waals surface area contributed by atoms with Gasteiger partial charge in [-0.15, -0.1) is 0 Å². The molecule has 2 nitrogen and oxygen atoms in total. The quantitative estimate of drug-likeness (QED) is 0.0352. The van der Waals surface area contributed by atoms with Gasteiger partial charge in [0.05, 0.1) is 5.92 Å². The molecule has 0 heterocycles. The summed E-state index contributed by atoms with van der Waals surface area (Å²) in [5.74, 6) is 0.208. The molecule has 0 saturated carbocycles. The van der Waals surface area contributed by atoms with Crippen molar-refractivity contribution in [2.45, 2.75) is 303 Å². The summed E-state index contributed by atoms with van der Waals surface area (Å²) in [7, 11) is 0. The van der Waals surface area contributed by atoms with Crippen LogP contribution in [0.2, 0.25) is 0 Å². The van der Waals surface area contributed by atoms with Crippen molar-refractivity contribution in [3.63, 3.8) is 0 Å². The minimum absolute atomic E-state index is 0.262. The zero-order chi connectivity index (χ0) is 39.3. The molecule has 0 rings (SSSR count). The minimum atomic E-state index is -0.318. The van der Waals surface area contributed by atoms with Crippen molar-refractivity contribution in [1.82, 2.24) is 0 Å². The number of allylic oxidation sites excluding steroid dienone is 2. The third-order valence-corrected chi connectivity index (χ3v) is 12.1. The summed E-state index contributed by atoms with van der Waals surface area (Å²) in [6.07, 6.45) is 60.8. The van der Waals surface area contributed by atoms with Crippen LogP contribution in [0, 0.1) is 5.92 Å². The average Bonchev–Trinajstić information content (AvgIpc) is 3.17. The van der Waals surface area contributed by atoms with E-state index in [1.54, 1.807) is 0 Å². The predicted molar refractivity (Wildman–Crippen MR) is 243 cm³/mol. The fourth-order valence-corrected chi connectivity index (χ4v) is 8.26. The maximum Gasteiger partial charge on any atom is 0.143 e. The number of hydrogen-bond acceptors (Lipinski definition) is 2. The number of unbranched alkanes of at least 4 members (excludes halogenated alkanes) is 37. The molecule has 2 heteroatoms. The number of carbonyl (C=O) groups excluding carboxylic acids is 2. The van der Waals surface area contributed by atoms with Crippen molar-refractivity contribution in [1.29, 1.82) is 0 Å². The summed E-state index contributed by atoms with van der Waals surface area (Å²) in [5, 5.41) is 0. The van der Waals surface area contributed by atoms with Crippen LogP contribution in [0.4, 0.5) is 0 Å². The van der Waals surface area contributed by atoms with Crippen LogP contribution in [0.5, 0.6) is 0 Å². The second-order valence-electron chi connectivity index (χ2n) is 17.6. The average molecular weight is 757 g/mol. The van der Waals surface area contributed by atoms with Gasteiger partial charge in [0.15, 0.2) is 0 Å². The van der Waals surface area contributed by atoms with Gasteiger partial charge in [-0.2, -0.15) is 0 Å². The molecule has 1 unspecified atom stereocenters. The smallest absolute Gasteiger partial charge is 0.143 e. The Labute approximate surface area is 341 Å². The minimum Gasteiger partial charge on any atom is -0.299 e. The standard InChI is InChI=1S/C52H100O2/c1-4-7-10-13-16-19-22-25-27-30-32-35-38-41-44-47-50(51(53)48-45-42-39-36-33-29-24-21-18-15-12-9-6-3)52(54)49-46-43-40-37-34-31-28-26-23-20-17-14-11-8-5-2/h26,28,50H,4-25,27,29-49H2,1-3H3/b28-26-. The summed E-state index contributed by atoms with van der Waals surface area (Å²) in [4.78, 5) is 26.8. The van der Waals surface area contributed by atoms with Crippen LogP contribution in [-0.2, 0) is 9.59 Å². The van der Waals surface area contributed by atoms with Gasteiger partial charge in [-0.05, 0) is 44.9 Å². The van der Waals surface area contributed by atoms with Gasteiger partial charge in [-0.1, -0.05) is 258 Å². The van der Waals surface area contributed by atoms with E-state index in [9.17, 15) is 9.59 Å². The van der Waals surface area contributed by atoms with E-state index in [1.807, 2.05) is 0 Å². The number of rotatable bonds is 47. The molecule has 0 N–H and O–H groups in total. The molecule has 1 atom stereocenters. The number of ketones is 2. The Balaban J connectivity index is 4.25. The molecule has 0 aromatic heterocycles. The molecule has 0 spiro atoms. The van der Waals surface area contributed by atoms with Gasteiger partial charge in [-0.25, -0.2) is 0 Å². The summed E-state index contributed by atoms with van der Waals surface area (Å²) in [6.45, 7) is 6.86. The highest BCUT2D eigenvalue weighted by atomic mass is 16.1. The molecule has 320 valence electrons. The molecule has 0 amide bonds. The van der Waals surface area contributed by atoms with Gasteiger partial charge in [0.2, 0.25) is 0 Å². The van der Waals surface area contributed by atoms with Crippen molar-refractivity contribution in [2.24, 2.45) is 5.92 Å². The maximum absolute atomic E-state index is 13.4. The monoisotopic (exact) mass is 757 g/mol. The first-order valence-corrected chi connectivity index (χ1v) is 25.4. The Morgan fingerprint density at radius 3 is 0.796 bits per heavy atom. The van der Waals surface area contributed by atoms with Gasteiger partial charge in [0, 0.05) is 12.8 Å². The van der Waals surface area contributed by atoms with E-state index in [4.69, 9.17) is 0 Å². The predicted octanol–water partition coefficient (Wildman–Crippen LogP) is 18.5. The Kier molecular flexibility index (Phi) is 45.7. The lowest BCUT2D eigenvalue weighted by atomic mass is 9.87. The van der Waals surface area contributed by atoms with E-state index >= 15 is 0 Å². The van der Waals surface area contributed by atoms with E-state index in [-0.39, 0.29) is 17.5 Å². The van der Waals surface area contributed by atoms with Crippen LogP contribution < -0.4 is 0 Å². The summed E-state index contributed by atoms with van der Waals surface area (Å²) >= 11 is 0. The number of Topliss-reactive ketones (excluding diaryl/α,β-unsaturated/α-hetero) is 2. The molecule has 0 saturated heterocycles. The largest absolute Gasteiger partial charge is 0.299 e. The van der Waals surface area contributed by atoms with E-state index in [2.05, 4.69) is 32.9 Å². The van der Waals surface area contributed by atoms with Crippen molar-refractivity contribution in [3.8, 4) is 0 Å². The van der Waals surface area contributed by atoms with Crippen molar-refractivity contribution < 1.29 is 9.59 Å². The maximum atomic E-state index is 13.4. The van der Waals surface area contributed by atoms with Gasteiger partial charge >= 0.3 is 0 Å². The topological polar surface area (TPSA) is 34.1 Å².